The Labute approximate surface area is 114 Å². The van der Waals surface area contributed by atoms with Gasteiger partial charge in [0.25, 0.3) is 0 Å². The molecule has 0 spiro atoms. The Kier molecular flexibility index (Phi) is 4.07. The van der Waals surface area contributed by atoms with Crippen LogP contribution in [0.15, 0.2) is 12.1 Å². The minimum absolute atomic E-state index is 0.103. The van der Waals surface area contributed by atoms with Gasteiger partial charge in [-0.05, 0) is 42.4 Å². The fourth-order valence-electron chi connectivity index (χ4n) is 2.55. The van der Waals surface area contributed by atoms with Crippen LogP contribution >= 0.6 is 12.6 Å². The van der Waals surface area contributed by atoms with Crippen LogP contribution in [0.5, 0.6) is 11.5 Å². The molecule has 0 atom stereocenters. The van der Waals surface area contributed by atoms with Gasteiger partial charge in [-0.15, -0.1) is 0 Å². The van der Waals surface area contributed by atoms with E-state index in [2.05, 4.69) is 25.6 Å². The van der Waals surface area contributed by atoms with Crippen molar-refractivity contribution < 1.29 is 14.2 Å². The molecule has 1 fully saturated rings. The Morgan fingerprint density at radius 2 is 1.83 bits per heavy atom. The van der Waals surface area contributed by atoms with Crippen molar-refractivity contribution in [3.63, 3.8) is 0 Å². The molecule has 18 heavy (non-hydrogen) atoms. The molecule has 3 nitrogen and oxygen atoms in total. The predicted molar refractivity (Wildman–Crippen MR) is 75.3 cm³/mol. The molecule has 0 N–H and O–H groups in total. The van der Waals surface area contributed by atoms with E-state index >= 15 is 0 Å². The first-order chi connectivity index (χ1) is 8.66. The Bertz CT molecular complexity index is 427. The summed E-state index contributed by atoms with van der Waals surface area (Å²) in [6.45, 7) is 3.64. The van der Waals surface area contributed by atoms with E-state index in [1.54, 1.807) is 14.2 Å². The van der Waals surface area contributed by atoms with Crippen molar-refractivity contribution in [1.82, 2.24) is 0 Å². The summed E-state index contributed by atoms with van der Waals surface area (Å²) in [4.78, 5) is 0. The van der Waals surface area contributed by atoms with Crippen LogP contribution in [0, 0.1) is 6.92 Å². The molecule has 0 aliphatic carbocycles. The van der Waals surface area contributed by atoms with E-state index in [9.17, 15) is 0 Å². The van der Waals surface area contributed by atoms with Crippen LogP contribution in [-0.2, 0) is 10.2 Å². The van der Waals surface area contributed by atoms with Crippen LogP contribution < -0.4 is 9.47 Å². The van der Waals surface area contributed by atoms with Crippen molar-refractivity contribution in [1.29, 1.82) is 0 Å². The fourth-order valence-corrected chi connectivity index (χ4v) is 2.98. The van der Waals surface area contributed by atoms with Gasteiger partial charge in [0, 0.05) is 5.41 Å². The Morgan fingerprint density at radius 1 is 1.22 bits per heavy atom. The lowest BCUT2D eigenvalue weighted by molar-refractivity contribution is -0.0617. The first-order valence-corrected chi connectivity index (χ1v) is 6.72. The number of hydrogen-bond acceptors (Lipinski definition) is 4. The average Bonchev–Trinajstić information content (AvgIpc) is 2.34. The number of rotatable bonds is 5. The molecule has 1 heterocycles. The zero-order valence-electron chi connectivity index (χ0n) is 11.2. The molecule has 0 saturated carbocycles. The Hall–Kier alpha value is -0.870. The maximum absolute atomic E-state index is 5.42. The highest BCUT2D eigenvalue weighted by molar-refractivity contribution is 7.80. The summed E-state index contributed by atoms with van der Waals surface area (Å²) >= 11 is 4.36. The summed E-state index contributed by atoms with van der Waals surface area (Å²) in [6.07, 6.45) is 1.02. The molecule has 0 aromatic heterocycles. The molecule has 1 aromatic rings. The molecule has 0 radical (unpaired) electrons. The van der Waals surface area contributed by atoms with Crippen molar-refractivity contribution in [2.24, 2.45) is 0 Å². The van der Waals surface area contributed by atoms with E-state index in [1.807, 2.05) is 6.07 Å². The van der Waals surface area contributed by atoms with Gasteiger partial charge in [0.15, 0.2) is 11.5 Å². The summed E-state index contributed by atoms with van der Waals surface area (Å²) in [7, 11) is 3.33. The third kappa shape index (κ3) is 2.19. The van der Waals surface area contributed by atoms with Crippen LogP contribution in [0.3, 0.4) is 0 Å². The monoisotopic (exact) mass is 268 g/mol. The van der Waals surface area contributed by atoms with Gasteiger partial charge >= 0.3 is 0 Å². The van der Waals surface area contributed by atoms with Crippen molar-refractivity contribution >= 4 is 12.6 Å². The van der Waals surface area contributed by atoms with E-state index < -0.39 is 0 Å². The standard InChI is InChI=1S/C14H20O3S/c1-10-6-12(15-2)13(16-3)7-11(10)14(4-5-18)8-17-9-14/h6-7,18H,4-5,8-9H2,1-3H3. The van der Waals surface area contributed by atoms with Crippen LogP contribution in [-0.4, -0.2) is 33.2 Å². The molecule has 0 bridgehead atoms. The van der Waals surface area contributed by atoms with E-state index in [-0.39, 0.29) is 5.41 Å². The summed E-state index contributed by atoms with van der Waals surface area (Å²) in [5.74, 6) is 2.42. The summed E-state index contributed by atoms with van der Waals surface area (Å²) in [5, 5.41) is 0. The average molecular weight is 268 g/mol. The molecule has 100 valence electrons. The SMILES string of the molecule is COc1cc(C)c(C2(CCS)COC2)cc1OC. The predicted octanol–water partition coefficient (Wildman–Crippen LogP) is 2.60. The number of ether oxygens (including phenoxy) is 3. The first kappa shape index (κ1) is 13.6. The van der Waals surface area contributed by atoms with Gasteiger partial charge in [0.1, 0.15) is 0 Å². The van der Waals surface area contributed by atoms with Crippen LogP contribution in [0.1, 0.15) is 17.5 Å². The van der Waals surface area contributed by atoms with Gasteiger partial charge in [-0.1, -0.05) is 0 Å². The quantitative estimate of drug-likeness (QED) is 0.832. The molecule has 1 saturated heterocycles. The molecule has 1 aliphatic heterocycles. The Balaban J connectivity index is 2.43. The van der Waals surface area contributed by atoms with E-state index in [4.69, 9.17) is 14.2 Å². The fraction of sp³-hybridized carbons (Fsp3) is 0.571. The molecular formula is C14H20O3S. The highest BCUT2D eigenvalue weighted by Crippen LogP contribution is 2.42. The minimum atomic E-state index is 0.103. The van der Waals surface area contributed by atoms with Crippen LogP contribution in [0.2, 0.25) is 0 Å². The molecular weight excluding hydrogens is 248 g/mol. The van der Waals surface area contributed by atoms with Crippen molar-refractivity contribution in [3.8, 4) is 11.5 Å². The number of hydrogen-bond donors (Lipinski definition) is 1. The molecule has 0 amide bonds. The summed E-state index contributed by atoms with van der Waals surface area (Å²) in [6, 6.07) is 4.12. The maximum atomic E-state index is 5.42. The third-order valence-electron chi connectivity index (χ3n) is 3.65. The largest absolute Gasteiger partial charge is 0.493 e. The van der Waals surface area contributed by atoms with Gasteiger partial charge < -0.3 is 14.2 Å². The van der Waals surface area contributed by atoms with Gasteiger partial charge in [0.05, 0.1) is 27.4 Å². The molecule has 1 aliphatic rings. The van der Waals surface area contributed by atoms with Gasteiger partial charge in [-0.2, -0.15) is 12.6 Å². The lowest BCUT2D eigenvalue weighted by atomic mass is 9.74. The number of thiol groups is 1. The van der Waals surface area contributed by atoms with Crippen molar-refractivity contribution in [2.75, 3.05) is 33.2 Å². The number of methoxy groups -OCH3 is 2. The number of aryl methyl sites for hydroxylation is 1. The second-order valence-electron chi connectivity index (χ2n) is 4.77. The van der Waals surface area contributed by atoms with Crippen LogP contribution in [0.25, 0.3) is 0 Å². The number of benzene rings is 1. The zero-order valence-corrected chi connectivity index (χ0v) is 12.0. The Morgan fingerprint density at radius 3 is 2.28 bits per heavy atom. The second-order valence-corrected chi connectivity index (χ2v) is 5.22. The maximum Gasteiger partial charge on any atom is 0.161 e. The zero-order chi connectivity index (χ0) is 13.2. The highest BCUT2D eigenvalue weighted by Gasteiger charge is 2.41. The smallest absolute Gasteiger partial charge is 0.161 e. The molecule has 4 heteroatoms. The van der Waals surface area contributed by atoms with Gasteiger partial charge in [-0.3, -0.25) is 0 Å². The molecule has 1 aromatic carbocycles. The normalized spacial score (nSPS) is 17.1. The summed E-state index contributed by atoms with van der Waals surface area (Å²) < 4.78 is 16.1. The first-order valence-electron chi connectivity index (χ1n) is 6.08. The minimum Gasteiger partial charge on any atom is -0.493 e. The molecule has 0 unspecified atom stereocenters. The topological polar surface area (TPSA) is 27.7 Å². The van der Waals surface area contributed by atoms with Gasteiger partial charge in [0.2, 0.25) is 0 Å². The lowest BCUT2D eigenvalue weighted by Gasteiger charge is -2.43. The highest BCUT2D eigenvalue weighted by atomic mass is 32.1. The second kappa shape index (κ2) is 5.41. The van der Waals surface area contributed by atoms with Crippen molar-refractivity contribution in [2.45, 2.75) is 18.8 Å². The van der Waals surface area contributed by atoms with Crippen LogP contribution in [0.4, 0.5) is 0 Å². The van der Waals surface area contributed by atoms with Crippen molar-refractivity contribution in [3.05, 3.63) is 23.3 Å². The summed E-state index contributed by atoms with van der Waals surface area (Å²) in [5.41, 5.74) is 2.61. The molecule has 2 rings (SSSR count). The van der Waals surface area contributed by atoms with E-state index in [0.717, 1.165) is 36.9 Å². The van der Waals surface area contributed by atoms with E-state index in [0.29, 0.717) is 0 Å². The third-order valence-corrected chi connectivity index (χ3v) is 3.87. The van der Waals surface area contributed by atoms with Gasteiger partial charge in [-0.25, -0.2) is 0 Å². The van der Waals surface area contributed by atoms with E-state index in [1.165, 1.54) is 11.1 Å². The lowest BCUT2D eigenvalue weighted by Crippen LogP contribution is -2.47.